The summed E-state index contributed by atoms with van der Waals surface area (Å²) in [6.45, 7) is 7.45. The van der Waals surface area contributed by atoms with Crippen molar-refractivity contribution in [2.75, 3.05) is 0 Å². The molecule has 3 aromatic rings. The summed E-state index contributed by atoms with van der Waals surface area (Å²) in [6, 6.07) is 11.2. The highest BCUT2D eigenvalue weighted by atomic mass is 16.7. The molecular weight excluding hydrogens is 496 g/mol. The van der Waals surface area contributed by atoms with E-state index in [1.807, 2.05) is 24.3 Å². The molecule has 1 aliphatic carbocycles. The second-order valence-corrected chi connectivity index (χ2v) is 10.4. The number of oxime groups is 1. The first-order chi connectivity index (χ1) is 18.7. The van der Waals surface area contributed by atoms with Gasteiger partial charge in [0.15, 0.2) is 5.78 Å². The molecular formula is C31H36N2O6. The molecule has 0 unspecified atom stereocenters. The fourth-order valence-electron chi connectivity index (χ4n) is 5.37. The van der Waals surface area contributed by atoms with Crippen LogP contribution in [0.5, 0.6) is 0 Å². The van der Waals surface area contributed by atoms with Gasteiger partial charge in [0, 0.05) is 58.7 Å². The number of benzene rings is 2. The maximum Gasteiger partial charge on any atom is 0.331 e. The van der Waals surface area contributed by atoms with E-state index in [1.54, 1.807) is 26.0 Å². The Labute approximate surface area is 228 Å². The molecule has 0 spiro atoms. The van der Waals surface area contributed by atoms with Crippen LogP contribution in [0.4, 0.5) is 0 Å². The van der Waals surface area contributed by atoms with E-state index < -0.39 is 17.7 Å². The van der Waals surface area contributed by atoms with E-state index in [9.17, 15) is 19.2 Å². The van der Waals surface area contributed by atoms with E-state index in [0.717, 1.165) is 54.0 Å². The lowest BCUT2D eigenvalue weighted by Gasteiger charge is -2.20. The first-order valence-corrected chi connectivity index (χ1v) is 13.8. The molecule has 1 saturated carbocycles. The van der Waals surface area contributed by atoms with Crippen molar-refractivity contribution in [1.82, 2.24) is 4.57 Å². The highest BCUT2D eigenvalue weighted by Crippen LogP contribution is 2.33. The van der Waals surface area contributed by atoms with Crippen LogP contribution in [-0.4, -0.2) is 39.9 Å². The lowest BCUT2D eigenvalue weighted by atomic mass is 9.83. The van der Waals surface area contributed by atoms with Gasteiger partial charge in [-0.3, -0.25) is 14.4 Å². The van der Waals surface area contributed by atoms with E-state index in [2.05, 4.69) is 16.6 Å². The molecule has 0 bridgehead atoms. The summed E-state index contributed by atoms with van der Waals surface area (Å²) < 4.78 is 7.32. The van der Waals surface area contributed by atoms with Crippen LogP contribution in [0.3, 0.4) is 0 Å². The van der Waals surface area contributed by atoms with Crippen LogP contribution in [0, 0.1) is 5.92 Å². The van der Waals surface area contributed by atoms with Gasteiger partial charge in [-0.1, -0.05) is 24.4 Å². The molecule has 39 heavy (non-hydrogen) atoms. The van der Waals surface area contributed by atoms with Crippen molar-refractivity contribution in [3.8, 4) is 0 Å². The Morgan fingerprint density at radius 2 is 1.54 bits per heavy atom. The smallest absolute Gasteiger partial charge is 0.331 e. The number of ether oxygens (including phenoxy) is 1. The second kappa shape index (κ2) is 12.4. The summed E-state index contributed by atoms with van der Waals surface area (Å²) in [7, 11) is 0. The molecule has 0 amide bonds. The van der Waals surface area contributed by atoms with Gasteiger partial charge in [0.05, 0.1) is 12.5 Å². The molecule has 0 atom stereocenters. The molecule has 4 rings (SSSR count). The summed E-state index contributed by atoms with van der Waals surface area (Å²) in [5.41, 5.74) is 2.94. The fourth-order valence-corrected chi connectivity index (χ4v) is 5.37. The molecule has 0 aliphatic heterocycles. The van der Waals surface area contributed by atoms with Gasteiger partial charge in [-0.2, -0.15) is 0 Å². The van der Waals surface area contributed by atoms with Crippen molar-refractivity contribution < 1.29 is 28.8 Å². The predicted octanol–water partition coefficient (Wildman–Crippen LogP) is 6.41. The number of aromatic nitrogens is 1. The third-order valence-corrected chi connectivity index (χ3v) is 7.18. The molecule has 1 fully saturated rings. The monoisotopic (exact) mass is 532 g/mol. The highest BCUT2D eigenvalue weighted by molar-refractivity contribution is 6.46. The van der Waals surface area contributed by atoms with E-state index in [4.69, 9.17) is 9.57 Å². The summed E-state index contributed by atoms with van der Waals surface area (Å²) in [4.78, 5) is 55.0. The van der Waals surface area contributed by atoms with Gasteiger partial charge in [-0.05, 0) is 70.0 Å². The van der Waals surface area contributed by atoms with Gasteiger partial charge in [-0.15, -0.1) is 0 Å². The van der Waals surface area contributed by atoms with Gasteiger partial charge >= 0.3 is 11.9 Å². The van der Waals surface area contributed by atoms with E-state index in [1.165, 1.54) is 13.3 Å². The molecule has 1 aromatic heterocycles. The van der Waals surface area contributed by atoms with Crippen molar-refractivity contribution in [1.29, 1.82) is 0 Å². The van der Waals surface area contributed by atoms with Gasteiger partial charge in [0.2, 0.25) is 5.78 Å². The number of esters is 1. The Morgan fingerprint density at radius 1 is 0.923 bits per heavy atom. The van der Waals surface area contributed by atoms with Crippen LogP contribution >= 0.6 is 0 Å². The van der Waals surface area contributed by atoms with Crippen LogP contribution in [0.15, 0.2) is 41.6 Å². The molecule has 1 heterocycles. The highest BCUT2D eigenvalue weighted by Gasteiger charge is 2.24. The third-order valence-electron chi connectivity index (χ3n) is 7.18. The van der Waals surface area contributed by atoms with Crippen LogP contribution in [0.25, 0.3) is 21.8 Å². The Balaban J connectivity index is 1.71. The zero-order valence-electron chi connectivity index (χ0n) is 23.1. The third kappa shape index (κ3) is 6.44. The number of hydrogen-bond acceptors (Lipinski definition) is 7. The number of nitrogens with zero attached hydrogens (tertiary/aromatic N) is 2. The zero-order valence-corrected chi connectivity index (χ0v) is 23.1. The van der Waals surface area contributed by atoms with E-state index >= 15 is 0 Å². The molecule has 8 heteroatoms. The summed E-state index contributed by atoms with van der Waals surface area (Å²) in [5, 5.41) is 5.52. The summed E-state index contributed by atoms with van der Waals surface area (Å²) in [5.74, 6) is -1.32. The van der Waals surface area contributed by atoms with Crippen molar-refractivity contribution >= 4 is 51.0 Å². The van der Waals surface area contributed by atoms with Gasteiger partial charge in [0.1, 0.15) is 5.71 Å². The molecule has 0 N–H and O–H groups in total. The molecule has 2 aromatic carbocycles. The molecule has 1 aliphatic rings. The SMILES string of the molecule is CCn1c2ccc(C(=O)/C(CCC(=O)OC(C)C)=N\OC(C)=O)cc2c2cc(C(=O)C3CCCCC3)ccc21. The van der Waals surface area contributed by atoms with E-state index in [-0.39, 0.29) is 36.4 Å². The summed E-state index contributed by atoms with van der Waals surface area (Å²) >= 11 is 0. The standard InChI is InChI=1S/C31H36N2O6/c1-5-33-27-14-11-22(30(36)21-9-7-6-8-10-21)17-24(27)25-18-23(12-15-28(25)33)31(37)26(32-39-20(4)34)13-16-29(35)38-19(2)3/h11-12,14-15,17-19,21H,5-10,13,16H2,1-4H3/b32-26-. The topological polar surface area (TPSA) is 104 Å². The largest absolute Gasteiger partial charge is 0.463 e. The zero-order chi connectivity index (χ0) is 28.1. The maximum atomic E-state index is 13.5. The number of hydrogen-bond donors (Lipinski definition) is 0. The average molecular weight is 533 g/mol. The number of aryl methyl sites for hydroxylation is 1. The molecule has 0 saturated heterocycles. The lowest BCUT2D eigenvalue weighted by molar-refractivity contribution is -0.147. The quantitative estimate of drug-likeness (QED) is 0.0982. The van der Waals surface area contributed by atoms with E-state index in [0.29, 0.717) is 11.1 Å². The minimum atomic E-state index is -0.665. The first kappa shape index (κ1) is 28.2. The number of carbonyl (C=O) groups excluding carboxylic acids is 4. The normalized spacial score (nSPS) is 14.6. The Kier molecular flexibility index (Phi) is 8.94. The fraction of sp³-hybridized carbons (Fsp3) is 0.452. The Bertz CT molecular complexity index is 1440. The van der Waals surface area contributed by atoms with Crippen molar-refractivity contribution in [3.05, 3.63) is 47.5 Å². The van der Waals surface area contributed by atoms with Crippen LogP contribution in [0.1, 0.15) is 93.4 Å². The minimum absolute atomic E-state index is 0.0353. The number of Topliss-reactive ketones (excluding diaryl/α,β-unsaturated/α-hetero) is 2. The van der Waals surface area contributed by atoms with Gasteiger partial charge in [-0.25, -0.2) is 4.79 Å². The maximum absolute atomic E-state index is 13.5. The Hall–Kier alpha value is -3.81. The number of carbonyl (C=O) groups is 4. The average Bonchev–Trinajstić information content (AvgIpc) is 3.24. The van der Waals surface area contributed by atoms with Crippen molar-refractivity contribution in [2.24, 2.45) is 11.1 Å². The number of fused-ring (bicyclic) bond motifs is 3. The van der Waals surface area contributed by atoms with Crippen LogP contribution < -0.4 is 0 Å². The molecule has 0 radical (unpaired) electrons. The lowest BCUT2D eigenvalue weighted by Crippen LogP contribution is -2.19. The van der Waals surface area contributed by atoms with Crippen LogP contribution in [0.2, 0.25) is 0 Å². The van der Waals surface area contributed by atoms with Crippen molar-refractivity contribution in [3.63, 3.8) is 0 Å². The first-order valence-electron chi connectivity index (χ1n) is 13.8. The predicted molar refractivity (Wildman–Crippen MR) is 150 cm³/mol. The second-order valence-electron chi connectivity index (χ2n) is 10.4. The van der Waals surface area contributed by atoms with Gasteiger partial charge in [0.25, 0.3) is 0 Å². The number of ketones is 2. The minimum Gasteiger partial charge on any atom is -0.463 e. The van der Waals surface area contributed by atoms with Crippen LogP contribution in [-0.2, 0) is 25.7 Å². The number of rotatable bonds is 10. The summed E-state index contributed by atoms with van der Waals surface area (Å²) in [6.07, 6.45) is 4.83. The van der Waals surface area contributed by atoms with Gasteiger partial charge < -0.3 is 14.1 Å². The Morgan fingerprint density at radius 3 is 2.13 bits per heavy atom. The van der Waals surface area contributed by atoms with Crippen molar-refractivity contribution in [2.45, 2.75) is 85.3 Å². The molecule has 8 nitrogen and oxygen atoms in total. The molecule has 206 valence electrons.